The van der Waals surface area contributed by atoms with Gasteiger partial charge in [-0.2, -0.15) is 14.0 Å². The Morgan fingerprint density at radius 2 is 1.80 bits per heavy atom. The van der Waals surface area contributed by atoms with Crippen molar-refractivity contribution in [3.05, 3.63) is 59.4 Å². The van der Waals surface area contributed by atoms with E-state index in [1.54, 1.807) is 0 Å². The maximum Gasteiger partial charge on any atom is 0.387 e. The van der Waals surface area contributed by atoms with Gasteiger partial charge in [0.25, 0.3) is 5.91 Å². The monoisotopic (exact) mass is 417 g/mol. The van der Waals surface area contributed by atoms with Crippen molar-refractivity contribution in [1.29, 1.82) is 5.26 Å². The number of rotatable bonds is 5. The van der Waals surface area contributed by atoms with Gasteiger partial charge in [0.1, 0.15) is 11.6 Å². The van der Waals surface area contributed by atoms with Crippen LogP contribution in [-0.4, -0.2) is 36.4 Å². The Morgan fingerprint density at radius 3 is 2.40 bits per heavy atom. The largest absolute Gasteiger partial charge is 0.435 e. The molecule has 0 radical (unpaired) electrons. The first kappa shape index (κ1) is 21.2. The summed E-state index contributed by atoms with van der Waals surface area (Å²) in [6, 6.07) is 10.9. The van der Waals surface area contributed by atoms with Gasteiger partial charge in [-0.05, 0) is 55.3 Å². The van der Waals surface area contributed by atoms with E-state index in [4.69, 9.17) is 5.26 Å². The fourth-order valence-electron chi connectivity index (χ4n) is 3.27. The summed E-state index contributed by atoms with van der Waals surface area (Å²) in [4.78, 5) is 26.6. The van der Waals surface area contributed by atoms with Gasteiger partial charge in [-0.15, -0.1) is 0 Å². The molecule has 1 heterocycles. The normalized spacial score (nSPS) is 14.3. The van der Waals surface area contributed by atoms with Gasteiger partial charge >= 0.3 is 6.61 Å². The molecular formula is C21H18F3N3O3. The van der Waals surface area contributed by atoms with Gasteiger partial charge in [-0.1, -0.05) is 0 Å². The molecule has 1 fully saturated rings. The number of hydrogen-bond acceptors (Lipinski definition) is 4. The molecule has 0 bridgehead atoms. The van der Waals surface area contributed by atoms with Crippen molar-refractivity contribution in [3.8, 4) is 11.8 Å². The molecule has 2 amide bonds. The van der Waals surface area contributed by atoms with Crippen molar-refractivity contribution in [2.24, 2.45) is 5.92 Å². The lowest BCUT2D eigenvalue weighted by Gasteiger charge is -2.31. The third-order valence-electron chi connectivity index (χ3n) is 4.83. The standard InChI is InChI=1S/C21H18F3N3O3/c22-15-2-1-14(12-25)18(11-15)20(29)27-9-7-13(8-10-27)19(28)26-16-3-5-17(6-4-16)30-21(23)24/h1-6,11,13,21H,7-10H2,(H,26,28). The number of benzene rings is 2. The lowest BCUT2D eigenvalue weighted by molar-refractivity contribution is -0.121. The Kier molecular flexibility index (Phi) is 6.57. The molecule has 1 aliphatic heterocycles. The van der Waals surface area contributed by atoms with E-state index in [-0.39, 0.29) is 28.7 Å². The molecule has 1 saturated heterocycles. The summed E-state index contributed by atoms with van der Waals surface area (Å²) in [5.74, 6) is -1.64. The second kappa shape index (κ2) is 9.31. The zero-order valence-corrected chi connectivity index (χ0v) is 15.8. The van der Waals surface area contributed by atoms with Crippen molar-refractivity contribution >= 4 is 17.5 Å². The summed E-state index contributed by atoms with van der Waals surface area (Å²) in [6.07, 6.45) is 0.808. The van der Waals surface area contributed by atoms with E-state index in [0.29, 0.717) is 31.6 Å². The molecule has 0 spiro atoms. The highest BCUT2D eigenvalue weighted by molar-refractivity contribution is 5.97. The first-order chi connectivity index (χ1) is 14.4. The van der Waals surface area contributed by atoms with Crippen LogP contribution in [0.5, 0.6) is 5.75 Å². The molecular weight excluding hydrogens is 399 g/mol. The minimum absolute atomic E-state index is 0.00603. The zero-order valence-electron chi connectivity index (χ0n) is 15.8. The number of carbonyl (C=O) groups excluding carboxylic acids is 2. The van der Waals surface area contributed by atoms with Crippen molar-refractivity contribution in [1.82, 2.24) is 4.90 Å². The van der Waals surface area contributed by atoms with Gasteiger partial charge in [0.15, 0.2) is 0 Å². The Labute approximate surface area is 170 Å². The van der Waals surface area contributed by atoms with E-state index in [1.165, 1.54) is 35.2 Å². The molecule has 0 aromatic heterocycles. The number of nitrogens with zero attached hydrogens (tertiary/aromatic N) is 2. The lowest BCUT2D eigenvalue weighted by Crippen LogP contribution is -2.41. The van der Waals surface area contributed by atoms with Crippen molar-refractivity contribution in [2.45, 2.75) is 19.5 Å². The van der Waals surface area contributed by atoms with Crippen LogP contribution in [0, 0.1) is 23.1 Å². The highest BCUT2D eigenvalue weighted by atomic mass is 19.3. The van der Waals surface area contributed by atoms with Gasteiger partial charge in [0.05, 0.1) is 17.2 Å². The van der Waals surface area contributed by atoms with Gasteiger partial charge in [0.2, 0.25) is 5.91 Å². The number of amides is 2. The van der Waals surface area contributed by atoms with E-state index in [0.717, 1.165) is 12.1 Å². The number of piperidine rings is 1. The summed E-state index contributed by atoms with van der Waals surface area (Å²) in [6.45, 7) is -2.34. The molecule has 6 nitrogen and oxygen atoms in total. The molecule has 1 N–H and O–H groups in total. The highest BCUT2D eigenvalue weighted by Crippen LogP contribution is 2.23. The fourth-order valence-corrected chi connectivity index (χ4v) is 3.27. The van der Waals surface area contributed by atoms with Crippen LogP contribution in [0.2, 0.25) is 0 Å². The van der Waals surface area contributed by atoms with Crippen LogP contribution >= 0.6 is 0 Å². The molecule has 3 rings (SSSR count). The van der Waals surface area contributed by atoms with E-state index in [1.807, 2.05) is 6.07 Å². The van der Waals surface area contributed by atoms with Crippen LogP contribution in [0.3, 0.4) is 0 Å². The SMILES string of the molecule is N#Cc1ccc(F)cc1C(=O)N1CCC(C(=O)Nc2ccc(OC(F)F)cc2)CC1. The van der Waals surface area contributed by atoms with Crippen LogP contribution in [0.1, 0.15) is 28.8 Å². The van der Waals surface area contributed by atoms with Gasteiger partial charge < -0.3 is 15.0 Å². The molecule has 0 unspecified atom stereocenters. The van der Waals surface area contributed by atoms with Gasteiger partial charge in [0, 0.05) is 24.7 Å². The number of ether oxygens (including phenoxy) is 1. The molecule has 156 valence electrons. The molecule has 0 aliphatic carbocycles. The quantitative estimate of drug-likeness (QED) is 0.803. The summed E-state index contributed by atoms with van der Waals surface area (Å²) in [5, 5.41) is 11.8. The summed E-state index contributed by atoms with van der Waals surface area (Å²) in [7, 11) is 0. The molecule has 1 aliphatic rings. The number of likely N-dealkylation sites (tertiary alicyclic amines) is 1. The predicted molar refractivity (Wildman–Crippen MR) is 101 cm³/mol. The second-order valence-electron chi connectivity index (χ2n) is 6.76. The van der Waals surface area contributed by atoms with Crippen LogP contribution in [0.4, 0.5) is 18.9 Å². The predicted octanol–water partition coefficient (Wildman–Crippen LogP) is 3.79. The number of nitrogens with one attached hydrogen (secondary N) is 1. The van der Waals surface area contributed by atoms with Gasteiger partial charge in [-0.3, -0.25) is 9.59 Å². The number of hydrogen-bond donors (Lipinski definition) is 1. The molecule has 0 saturated carbocycles. The van der Waals surface area contributed by atoms with Crippen molar-refractivity contribution in [3.63, 3.8) is 0 Å². The zero-order chi connectivity index (χ0) is 21.7. The average molecular weight is 417 g/mol. The highest BCUT2D eigenvalue weighted by Gasteiger charge is 2.29. The molecule has 0 atom stereocenters. The minimum Gasteiger partial charge on any atom is -0.435 e. The Balaban J connectivity index is 1.56. The smallest absolute Gasteiger partial charge is 0.387 e. The Bertz CT molecular complexity index is 966. The molecule has 30 heavy (non-hydrogen) atoms. The van der Waals surface area contributed by atoms with E-state index in [2.05, 4.69) is 10.1 Å². The van der Waals surface area contributed by atoms with E-state index < -0.39 is 18.3 Å². The first-order valence-electron chi connectivity index (χ1n) is 9.22. The van der Waals surface area contributed by atoms with Crippen LogP contribution in [-0.2, 0) is 4.79 Å². The minimum atomic E-state index is -2.92. The molecule has 2 aromatic rings. The number of alkyl halides is 2. The number of nitriles is 1. The van der Waals surface area contributed by atoms with E-state index in [9.17, 15) is 22.8 Å². The molecule has 2 aromatic carbocycles. The lowest BCUT2D eigenvalue weighted by atomic mass is 9.95. The van der Waals surface area contributed by atoms with Gasteiger partial charge in [-0.25, -0.2) is 4.39 Å². The second-order valence-corrected chi connectivity index (χ2v) is 6.76. The average Bonchev–Trinajstić information content (AvgIpc) is 2.74. The third-order valence-corrected chi connectivity index (χ3v) is 4.83. The maximum absolute atomic E-state index is 13.5. The van der Waals surface area contributed by atoms with Crippen LogP contribution in [0.15, 0.2) is 42.5 Å². The third kappa shape index (κ3) is 5.08. The topological polar surface area (TPSA) is 82.4 Å². The Morgan fingerprint density at radius 1 is 1.13 bits per heavy atom. The maximum atomic E-state index is 13.5. The number of halogens is 3. The number of carbonyl (C=O) groups is 2. The first-order valence-corrected chi connectivity index (χ1v) is 9.22. The van der Waals surface area contributed by atoms with E-state index >= 15 is 0 Å². The Hall–Kier alpha value is -3.54. The summed E-state index contributed by atoms with van der Waals surface area (Å²) in [5.41, 5.74) is 0.547. The number of anilines is 1. The van der Waals surface area contributed by atoms with Crippen LogP contribution in [0.25, 0.3) is 0 Å². The van der Waals surface area contributed by atoms with Crippen molar-refractivity contribution in [2.75, 3.05) is 18.4 Å². The van der Waals surface area contributed by atoms with Crippen molar-refractivity contribution < 1.29 is 27.5 Å². The van der Waals surface area contributed by atoms with Crippen LogP contribution < -0.4 is 10.1 Å². The molecule has 9 heteroatoms. The summed E-state index contributed by atoms with van der Waals surface area (Å²) < 4.78 is 42.1. The summed E-state index contributed by atoms with van der Waals surface area (Å²) >= 11 is 0. The fraction of sp³-hybridized carbons (Fsp3) is 0.286.